The van der Waals surface area contributed by atoms with Crippen molar-refractivity contribution in [1.82, 2.24) is 4.90 Å². The molecule has 1 fully saturated rings. The number of para-hydroxylation sites is 1. The lowest BCUT2D eigenvalue weighted by molar-refractivity contribution is -0.147. The van der Waals surface area contributed by atoms with Crippen molar-refractivity contribution in [2.75, 3.05) is 13.7 Å². The average Bonchev–Trinajstić information content (AvgIpc) is 2.53. The molecule has 5 heteroatoms. The topological polar surface area (TPSA) is 66.8 Å². The Hall–Kier alpha value is -2.04. The fourth-order valence-electron chi connectivity index (χ4n) is 2.93. The maximum atomic E-state index is 12.2. The molecular weight excluding hydrogens is 270 g/mol. The van der Waals surface area contributed by atoms with Gasteiger partial charge in [-0.25, -0.2) is 0 Å². The molecule has 0 radical (unpaired) electrons. The van der Waals surface area contributed by atoms with Gasteiger partial charge in [0, 0.05) is 18.5 Å². The van der Waals surface area contributed by atoms with Crippen LogP contribution in [0.25, 0.3) is 0 Å². The first-order valence-electron chi connectivity index (χ1n) is 7.23. The number of carbonyl (C=O) groups excluding carboxylic acids is 1. The number of rotatable bonds is 4. The van der Waals surface area contributed by atoms with Gasteiger partial charge in [0.2, 0.25) is 5.91 Å². The van der Waals surface area contributed by atoms with Gasteiger partial charge in [0.1, 0.15) is 5.75 Å². The second-order valence-corrected chi connectivity index (χ2v) is 5.26. The van der Waals surface area contributed by atoms with Gasteiger partial charge in [0.25, 0.3) is 0 Å². The summed E-state index contributed by atoms with van der Waals surface area (Å²) in [5.41, 5.74) is 0.882. The van der Waals surface area contributed by atoms with Crippen LogP contribution in [0.4, 0.5) is 0 Å². The number of hydrogen-bond donors (Lipinski definition) is 1. The van der Waals surface area contributed by atoms with E-state index in [1.54, 1.807) is 12.0 Å². The molecule has 0 saturated carbocycles. The van der Waals surface area contributed by atoms with Gasteiger partial charge >= 0.3 is 5.97 Å². The van der Waals surface area contributed by atoms with Crippen molar-refractivity contribution in [3.63, 3.8) is 0 Å². The van der Waals surface area contributed by atoms with Gasteiger partial charge < -0.3 is 14.7 Å². The highest BCUT2D eigenvalue weighted by Crippen LogP contribution is 2.38. The van der Waals surface area contributed by atoms with Gasteiger partial charge in [-0.15, -0.1) is 0 Å². The maximum Gasteiger partial charge on any atom is 0.306 e. The van der Waals surface area contributed by atoms with Gasteiger partial charge in [0.05, 0.1) is 19.1 Å². The molecule has 0 aromatic heterocycles. The summed E-state index contributed by atoms with van der Waals surface area (Å²) in [5.74, 6) is -0.462. The number of nitrogens with zero attached hydrogens (tertiary/aromatic N) is 1. The fourth-order valence-corrected chi connectivity index (χ4v) is 2.93. The molecule has 0 bridgehead atoms. The Kier molecular flexibility index (Phi) is 4.83. The SMILES string of the molecule is CCC(=O)N1CCC(C(=O)O)CC1c1ccccc1OC. The Morgan fingerprint density at radius 2 is 2.10 bits per heavy atom. The van der Waals surface area contributed by atoms with Crippen molar-refractivity contribution >= 4 is 11.9 Å². The number of methoxy groups -OCH3 is 1. The highest BCUT2D eigenvalue weighted by molar-refractivity contribution is 5.77. The number of hydrogen-bond acceptors (Lipinski definition) is 3. The third-order valence-electron chi connectivity index (χ3n) is 4.07. The number of piperidine rings is 1. The van der Waals surface area contributed by atoms with E-state index in [0.29, 0.717) is 31.6 Å². The minimum Gasteiger partial charge on any atom is -0.496 e. The number of benzene rings is 1. The lowest BCUT2D eigenvalue weighted by atomic mass is 9.86. The molecule has 1 aliphatic heterocycles. The minimum atomic E-state index is -0.793. The van der Waals surface area contributed by atoms with Crippen molar-refractivity contribution in [3.05, 3.63) is 29.8 Å². The summed E-state index contributed by atoms with van der Waals surface area (Å²) in [5, 5.41) is 9.28. The van der Waals surface area contributed by atoms with E-state index in [4.69, 9.17) is 4.74 Å². The summed E-state index contributed by atoms with van der Waals surface area (Å²) in [6.07, 6.45) is 1.36. The standard InChI is InChI=1S/C16H21NO4/c1-3-15(18)17-9-8-11(16(19)20)10-13(17)12-6-4-5-7-14(12)21-2/h4-7,11,13H,3,8-10H2,1-2H3,(H,19,20). The van der Waals surface area contributed by atoms with E-state index in [2.05, 4.69) is 0 Å². The molecule has 1 N–H and O–H groups in total. The molecule has 21 heavy (non-hydrogen) atoms. The van der Waals surface area contributed by atoms with E-state index >= 15 is 0 Å². The van der Waals surface area contributed by atoms with E-state index in [1.165, 1.54) is 0 Å². The van der Waals surface area contributed by atoms with Crippen molar-refractivity contribution in [2.45, 2.75) is 32.2 Å². The summed E-state index contributed by atoms with van der Waals surface area (Å²) in [4.78, 5) is 25.3. The lowest BCUT2D eigenvalue weighted by Gasteiger charge is -2.39. The van der Waals surface area contributed by atoms with Crippen LogP contribution in [0.3, 0.4) is 0 Å². The molecule has 1 heterocycles. The molecule has 0 spiro atoms. The Labute approximate surface area is 124 Å². The van der Waals surface area contributed by atoms with Crippen LogP contribution in [-0.4, -0.2) is 35.5 Å². The number of ether oxygens (including phenoxy) is 1. The second kappa shape index (κ2) is 6.61. The molecular formula is C16H21NO4. The van der Waals surface area contributed by atoms with E-state index in [0.717, 1.165) is 5.56 Å². The van der Waals surface area contributed by atoms with Crippen molar-refractivity contribution in [3.8, 4) is 5.75 Å². The average molecular weight is 291 g/mol. The van der Waals surface area contributed by atoms with E-state index in [9.17, 15) is 14.7 Å². The van der Waals surface area contributed by atoms with E-state index in [1.807, 2.05) is 31.2 Å². The molecule has 5 nitrogen and oxygen atoms in total. The molecule has 2 atom stereocenters. The normalized spacial score (nSPS) is 21.9. The number of carboxylic acid groups (broad SMARTS) is 1. The molecule has 1 aromatic carbocycles. The monoisotopic (exact) mass is 291 g/mol. The predicted molar refractivity (Wildman–Crippen MR) is 78.1 cm³/mol. The Morgan fingerprint density at radius 3 is 2.71 bits per heavy atom. The largest absolute Gasteiger partial charge is 0.496 e. The summed E-state index contributed by atoms with van der Waals surface area (Å²) in [6, 6.07) is 7.27. The summed E-state index contributed by atoms with van der Waals surface area (Å²) in [7, 11) is 1.59. The van der Waals surface area contributed by atoms with Crippen molar-refractivity contribution in [1.29, 1.82) is 0 Å². The van der Waals surface area contributed by atoms with Crippen molar-refractivity contribution < 1.29 is 19.4 Å². The first-order valence-corrected chi connectivity index (χ1v) is 7.23. The van der Waals surface area contributed by atoms with Crippen molar-refractivity contribution in [2.24, 2.45) is 5.92 Å². The van der Waals surface area contributed by atoms with Crippen LogP contribution in [0, 0.1) is 5.92 Å². The molecule has 1 aliphatic rings. The molecule has 2 rings (SSSR count). The molecule has 114 valence electrons. The van der Waals surface area contributed by atoms with Crippen LogP contribution in [0.1, 0.15) is 37.8 Å². The fraction of sp³-hybridized carbons (Fsp3) is 0.500. The smallest absolute Gasteiger partial charge is 0.306 e. The van der Waals surface area contributed by atoms with Crippen LogP contribution < -0.4 is 4.74 Å². The molecule has 1 aromatic rings. The second-order valence-electron chi connectivity index (χ2n) is 5.26. The molecule has 0 aliphatic carbocycles. The summed E-state index contributed by atoms with van der Waals surface area (Å²) < 4.78 is 5.37. The van der Waals surface area contributed by atoms with Gasteiger partial charge in [-0.05, 0) is 18.9 Å². The number of aliphatic carboxylic acids is 1. The Bertz CT molecular complexity index is 529. The van der Waals surface area contributed by atoms with Crippen LogP contribution in [0.5, 0.6) is 5.75 Å². The Balaban J connectivity index is 2.36. The highest BCUT2D eigenvalue weighted by Gasteiger charge is 2.36. The van der Waals surface area contributed by atoms with Crippen LogP contribution in [0.15, 0.2) is 24.3 Å². The molecule has 1 saturated heterocycles. The molecule has 1 amide bonds. The first kappa shape index (κ1) is 15.4. The van der Waals surface area contributed by atoms with E-state index < -0.39 is 11.9 Å². The van der Waals surface area contributed by atoms with Crippen LogP contribution in [0.2, 0.25) is 0 Å². The number of carbonyl (C=O) groups is 2. The summed E-state index contributed by atoms with van der Waals surface area (Å²) >= 11 is 0. The van der Waals surface area contributed by atoms with E-state index in [-0.39, 0.29) is 11.9 Å². The quantitative estimate of drug-likeness (QED) is 0.925. The van der Waals surface area contributed by atoms with Gasteiger partial charge in [-0.2, -0.15) is 0 Å². The van der Waals surface area contributed by atoms with Crippen LogP contribution in [-0.2, 0) is 9.59 Å². The zero-order valence-electron chi connectivity index (χ0n) is 12.4. The number of carboxylic acids is 1. The third kappa shape index (κ3) is 3.17. The highest BCUT2D eigenvalue weighted by atomic mass is 16.5. The Morgan fingerprint density at radius 1 is 1.38 bits per heavy atom. The number of likely N-dealkylation sites (tertiary alicyclic amines) is 1. The molecule has 2 unspecified atom stereocenters. The lowest BCUT2D eigenvalue weighted by Crippen LogP contribution is -2.42. The van der Waals surface area contributed by atoms with Gasteiger partial charge in [0.15, 0.2) is 0 Å². The van der Waals surface area contributed by atoms with Gasteiger partial charge in [-0.3, -0.25) is 9.59 Å². The zero-order chi connectivity index (χ0) is 15.4. The first-order chi connectivity index (χ1) is 10.1. The number of amides is 1. The van der Waals surface area contributed by atoms with Gasteiger partial charge in [-0.1, -0.05) is 25.1 Å². The third-order valence-corrected chi connectivity index (χ3v) is 4.07. The maximum absolute atomic E-state index is 12.2. The zero-order valence-corrected chi connectivity index (χ0v) is 12.4. The summed E-state index contributed by atoms with van der Waals surface area (Å²) in [6.45, 7) is 2.30. The minimum absolute atomic E-state index is 0.0507. The predicted octanol–water partition coefficient (Wildman–Crippen LogP) is 2.47. The van der Waals surface area contributed by atoms with Crippen LogP contribution >= 0.6 is 0 Å².